The molecule has 0 radical (unpaired) electrons. The summed E-state index contributed by atoms with van der Waals surface area (Å²) in [7, 11) is -3.60. The number of rotatable bonds is 9. The van der Waals surface area contributed by atoms with E-state index in [0.29, 0.717) is 18.9 Å². The number of amides is 1. The number of aromatic nitrogens is 2. The van der Waals surface area contributed by atoms with Gasteiger partial charge < -0.3 is 10.1 Å². The van der Waals surface area contributed by atoms with Crippen molar-refractivity contribution in [3.05, 3.63) is 42.1 Å². The van der Waals surface area contributed by atoms with Crippen molar-refractivity contribution in [2.24, 2.45) is 0 Å². The Morgan fingerprint density at radius 3 is 2.31 bits per heavy atom. The SMILES string of the molecule is CCN(CC)S(=O)(=O)c1ccc(C(=O)OCC(=O)Nc2ccnn2C(C)C)cc1. The van der Waals surface area contributed by atoms with Crippen LogP contribution in [0.3, 0.4) is 0 Å². The van der Waals surface area contributed by atoms with Crippen LogP contribution in [0.1, 0.15) is 44.1 Å². The van der Waals surface area contributed by atoms with E-state index in [-0.39, 0.29) is 16.5 Å². The van der Waals surface area contributed by atoms with Crippen molar-refractivity contribution in [3.8, 4) is 0 Å². The van der Waals surface area contributed by atoms with Crippen LogP contribution in [0.15, 0.2) is 41.4 Å². The van der Waals surface area contributed by atoms with Gasteiger partial charge in [-0.1, -0.05) is 13.8 Å². The lowest BCUT2D eigenvalue weighted by atomic mass is 10.2. The van der Waals surface area contributed by atoms with Crippen LogP contribution in [0.25, 0.3) is 0 Å². The van der Waals surface area contributed by atoms with Gasteiger partial charge in [-0.15, -0.1) is 0 Å². The minimum Gasteiger partial charge on any atom is -0.452 e. The molecular formula is C19H26N4O5S. The number of anilines is 1. The van der Waals surface area contributed by atoms with Gasteiger partial charge in [-0.25, -0.2) is 17.9 Å². The van der Waals surface area contributed by atoms with E-state index >= 15 is 0 Å². The Morgan fingerprint density at radius 1 is 1.14 bits per heavy atom. The molecule has 1 amide bonds. The van der Waals surface area contributed by atoms with Crippen molar-refractivity contribution in [2.75, 3.05) is 25.0 Å². The Labute approximate surface area is 170 Å². The first kappa shape index (κ1) is 22.6. The van der Waals surface area contributed by atoms with Gasteiger partial charge in [-0.05, 0) is 38.1 Å². The molecule has 1 aromatic carbocycles. The monoisotopic (exact) mass is 422 g/mol. The quantitative estimate of drug-likeness (QED) is 0.621. The van der Waals surface area contributed by atoms with Gasteiger partial charge in [-0.3, -0.25) is 4.79 Å². The fourth-order valence-electron chi connectivity index (χ4n) is 2.69. The van der Waals surface area contributed by atoms with Crippen molar-refractivity contribution in [3.63, 3.8) is 0 Å². The topological polar surface area (TPSA) is 111 Å². The Morgan fingerprint density at radius 2 is 1.76 bits per heavy atom. The Kier molecular flexibility index (Phi) is 7.52. The minimum absolute atomic E-state index is 0.0639. The van der Waals surface area contributed by atoms with Crippen molar-refractivity contribution >= 4 is 27.7 Å². The average Bonchev–Trinajstić information content (AvgIpc) is 3.15. The van der Waals surface area contributed by atoms with Gasteiger partial charge in [0.05, 0.1) is 16.7 Å². The maximum absolute atomic E-state index is 12.5. The number of sulfonamides is 1. The summed E-state index contributed by atoms with van der Waals surface area (Å²) >= 11 is 0. The summed E-state index contributed by atoms with van der Waals surface area (Å²) < 4.78 is 32.9. The molecule has 0 unspecified atom stereocenters. The third-order valence-corrected chi connectivity index (χ3v) is 6.26. The molecule has 0 aliphatic heterocycles. The van der Waals surface area contributed by atoms with E-state index in [2.05, 4.69) is 10.4 Å². The number of nitrogens with zero attached hydrogens (tertiary/aromatic N) is 3. The molecular weight excluding hydrogens is 396 g/mol. The minimum atomic E-state index is -3.60. The molecule has 0 fully saturated rings. The van der Waals surface area contributed by atoms with E-state index in [4.69, 9.17) is 4.74 Å². The molecule has 0 atom stereocenters. The Balaban J connectivity index is 1.97. The highest BCUT2D eigenvalue weighted by Gasteiger charge is 2.22. The second-order valence-electron chi connectivity index (χ2n) is 6.49. The third kappa shape index (κ3) is 5.42. The summed E-state index contributed by atoms with van der Waals surface area (Å²) in [6.07, 6.45) is 1.56. The number of esters is 1. The molecule has 9 nitrogen and oxygen atoms in total. The molecule has 2 rings (SSSR count). The molecule has 10 heteroatoms. The van der Waals surface area contributed by atoms with Crippen molar-refractivity contribution in [1.29, 1.82) is 0 Å². The van der Waals surface area contributed by atoms with Gasteiger partial charge >= 0.3 is 5.97 Å². The van der Waals surface area contributed by atoms with Gasteiger partial charge in [0.1, 0.15) is 5.82 Å². The van der Waals surface area contributed by atoms with Gasteiger partial charge in [-0.2, -0.15) is 9.40 Å². The Bertz CT molecular complexity index is 947. The number of ether oxygens (including phenoxy) is 1. The standard InChI is InChI=1S/C19H26N4O5S/c1-5-22(6-2)29(26,27)16-9-7-15(8-10-16)19(25)28-13-18(24)21-17-11-12-20-23(17)14(3)4/h7-12,14H,5-6,13H2,1-4H3,(H,21,24). The molecule has 0 aliphatic carbocycles. The molecule has 29 heavy (non-hydrogen) atoms. The van der Waals surface area contributed by atoms with Crippen LogP contribution in [0.5, 0.6) is 0 Å². The number of carbonyl (C=O) groups is 2. The predicted octanol–water partition coefficient (Wildman–Crippen LogP) is 2.29. The van der Waals surface area contributed by atoms with Crippen molar-refractivity contribution < 1.29 is 22.7 Å². The first-order chi connectivity index (χ1) is 13.7. The van der Waals surface area contributed by atoms with Crippen molar-refractivity contribution in [2.45, 2.75) is 38.6 Å². The zero-order valence-corrected chi connectivity index (χ0v) is 17.8. The fraction of sp³-hybridized carbons (Fsp3) is 0.421. The van der Waals surface area contributed by atoms with Crippen LogP contribution in [0, 0.1) is 0 Å². The average molecular weight is 423 g/mol. The van der Waals surface area contributed by atoms with E-state index in [9.17, 15) is 18.0 Å². The van der Waals surface area contributed by atoms with E-state index in [0.717, 1.165) is 0 Å². The normalized spacial score (nSPS) is 11.7. The van der Waals surface area contributed by atoms with E-state index in [1.807, 2.05) is 13.8 Å². The zero-order valence-electron chi connectivity index (χ0n) is 17.0. The molecule has 1 heterocycles. The highest BCUT2D eigenvalue weighted by Crippen LogP contribution is 2.17. The maximum atomic E-state index is 12.5. The summed E-state index contributed by atoms with van der Waals surface area (Å²) in [6, 6.07) is 7.15. The lowest BCUT2D eigenvalue weighted by molar-refractivity contribution is -0.119. The van der Waals surface area contributed by atoms with Gasteiger partial charge in [0.25, 0.3) is 5.91 Å². The van der Waals surface area contributed by atoms with E-state index < -0.39 is 28.5 Å². The van der Waals surface area contributed by atoms with Gasteiger partial charge in [0, 0.05) is 25.2 Å². The van der Waals surface area contributed by atoms with Crippen LogP contribution in [0.4, 0.5) is 5.82 Å². The van der Waals surface area contributed by atoms with Gasteiger partial charge in [0.15, 0.2) is 6.61 Å². The van der Waals surface area contributed by atoms with Crippen LogP contribution in [-0.4, -0.2) is 54.1 Å². The van der Waals surface area contributed by atoms with Gasteiger partial charge in [0.2, 0.25) is 10.0 Å². The Hall–Kier alpha value is -2.72. The van der Waals surface area contributed by atoms with E-state index in [1.54, 1.807) is 30.8 Å². The second-order valence-corrected chi connectivity index (χ2v) is 8.43. The molecule has 0 aliphatic rings. The van der Waals surface area contributed by atoms with Crippen LogP contribution >= 0.6 is 0 Å². The number of hydrogen-bond acceptors (Lipinski definition) is 6. The highest BCUT2D eigenvalue weighted by atomic mass is 32.2. The van der Waals surface area contributed by atoms with Crippen molar-refractivity contribution in [1.82, 2.24) is 14.1 Å². The summed E-state index contributed by atoms with van der Waals surface area (Å²) in [4.78, 5) is 24.3. The second kappa shape index (κ2) is 9.66. The lowest BCUT2D eigenvalue weighted by Crippen LogP contribution is -2.30. The largest absolute Gasteiger partial charge is 0.452 e. The molecule has 0 saturated carbocycles. The summed E-state index contributed by atoms with van der Waals surface area (Å²) in [5.74, 6) is -0.710. The first-order valence-corrected chi connectivity index (χ1v) is 10.7. The predicted molar refractivity (Wildman–Crippen MR) is 108 cm³/mol. The molecule has 0 bridgehead atoms. The summed E-state index contributed by atoms with van der Waals surface area (Å²) in [5.41, 5.74) is 0.156. The zero-order chi connectivity index (χ0) is 21.6. The molecule has 0 spiro atoms. The highest BCUT2D eigenvalue weighted by molar-refractivity contribution is 7.89. The maximum Gasteiger partial charge on any atom is 0.338 e. The molecule has 1 N–H and O–H groups in total. The number of carbonyl (C=O) groups excluding carboxylic acids is 2. The first-order valence-electron chi connectivity index (χ1n) is 9.31. The molecule has 0 saturated heterocycles. The smallest absolute Gasteiger partial charge is 0.338 e. The number of hydrogen-bond donors (Lipinski definition) is 1. The van der Waals surface area contributed by atoms with Crippen LogP contribution in [0.2, 0.25) is 0 Å². The summed E-state index contributed by atoms with van der Waals surface area (Å²) in [5, 5.41) is 6.74. The molecule has 158 valence electrons. The lowest BCUT2D eigenvalue weighted by Gasteiger charge is -2.18. The summed E-state index contributed by atoms with van der Waals surface area (Å²) in [6.45, 7) is 7.60. The van der Waals surface area contributed by atoms with E-state index in [1.165, 1.54) is 28.6 Å². The third-order valence-electron chi connectivity index (χ3n) is 4.19. The fourth-order valence-corrected chi connectivity index (χ4v) is 4.15. The molecule has 2 aromatic rings. The van der Waals surface area contributed by atoms with Crippen LogP contribution in [-0.2, 0) is 19.6 Å². The van der Waals surface area contributed by atoms with Crippen LogP contribution < -0.4 is 5.32 Å². The molecule has 1 aromatic heterocycles. The number of nitrogens with one attached hydrogen (secondary N) is 1. The number of benzene rings is 1.